The Kier molecular flexibility index (Phi) is 6.72. The van der Waals surface area contributed by atoms with Crippen molar-refractivity contribution in [3.63, 3.8) is 0 Å². The van der Waals surface area contributed by atoms with Crippen molar-refractivity contribution in [3.05, 3.63) is 0 Å². The average molecular weight is 244 g/mol. The molecule has 0 aliphatic rings. The van der Waals surface area contributed by atoms with E-state index < -0.39 is 5.60 Å². The van der Waals surface area contributed by atoms with Crippen LogP contribution >= 0.6 is 0 Å². The summed E-state index contributed by atoms with van der Waals surface area (Å²) in [5, 5.41) is 12.8. The van der Waals surface area contributed by atoms with Crippen LogP contribution in [0.15, 0.2) is 0 Å². The molecule has 2 unspecified atom stereocenters. The molecular formula is C13H28N2O2. The molecule has 2 N–H and O–H groups in total. The van der Waals surface area contributed by atoms with Gasteiger partial charge in [-0.15, -0.1) is 0 Å². The van der Waals surface area contributed by atoms with E-state index in [4.69, 9.17) is 0 Å². The number of hydrogen-bond donors (Lipinski definition) is 2. The first-order chi connectivity index (χ1) is 7.71. The average Bonchev–Trinajstić information content (AvgIpc) is 2.23. The predicted octanol–water partition coefficient (Wildman–Crippen LogP) is 1.38. The molecule has 4 heteroatoms. The van der Waals surface area contributed by atoms with Gasteiger partial charge in [0.25, 0.3) is 0 Å². The Bertz CT molecular complexity index is 236. The second kappa shape index (κ2) is 6.97. The molecule has 0 bridgehead atoms. The van der Waals surface area contributed by atoms with Gasteiger partial charge in [0.2, 0.25) is 5.91 Å². The van der Waals surface area contributed by atoms with Crippen molar-refractivity contribution in [2.45, 2.75) is 65.6 Å². The van der Waals surface area contributed by atoms with E-state index in [1.165, 1.54) is 0 Å². The minimum atomic E-state index is -0.777. The molecule has 0 aliphatic heterocycles. The Morgan fingerprint density at radius 2 is 1.88 bits per heavy atom. The Labute approximate surface area is 105 Å². The van der Waals surface area contributed by atoms with Gasteiger partial charge in [0.15, 0.2) is 0 Å². The number of carbonyl (C=O) groups excluding carboxylic acids is 1. The van der Waals surface area contributed by atoms with Crippen LogP contribution in [0.2, 0.25) is 0 Å². The van der Waals surface area contributed by atoms with Crippen LogP contribution in [0.25, 0.3) is 0 Å². The molecule has 0 aliphatic carbocycles. The molecule has 0 aromatic rings. The maximum Gasteiger partial charge on any atom is 0.237 e. The first-order valence-electron chi connectivity index (χ1n) is 6.48. The van der Waals surface area contributed by atoms with Crippen LogP contribution in [0.5, 0.6) is 0 Å². The molecule has 0 aromatic carbocycles. The molecule has 0 saturated heterocycles. The van der Waals surface area contributed by atoms with Gasteiger partial charge < -0.3 is 10.4 Å². The molecule has 0 fully saturated rings. The van der Waals surface area contributed by atoms with E-state index in [0.717, 1.165) is 13.0 Å². The number of aliphatic hydroxyl groups is 1. The van der Waals surface area contributed by atoms with Gasteiger partial charge in [0, 0.05) is 12.6 Å². The summed E-state index contributed by atoms with van der Waals surface area (Å²) >= 11 is 0. The van der Waals surface area contributed by atoms with Gasteiger partial charge in [-0.25, -0.2) is 0 Å². The fourth-order valence-electron chi connectivity index (χ4n) is 1.65. The lowest BCUT2D eigenvalue weighted by Crippen LogP contribution is -2.51. The van der Waals surface area contributed by atoms with E-state index in [2.05, 4.69) is 5.32 Å². The number of carbonyl (C=O) groups is 1. The molecule has 0 spiro atoms. The predicted molar refractivity (Wildman–Crippen MR) is 70.9 cm³/mol. The molecule has 0 heterocycles. The molecular weight excluding hydrogens is 216 g/mol. The SMILES string of the molecule is CCC(C)NC(=O)C(C)N(CC)CC(C)(C)O. The van der Waals surface area contributed by atoms with Crippen molar-refractivity contribution in [2.75, 3.05) is 13.1 Å². The highest BCUT2D eigenvalue weighted by Crippen LogP contribution is 2.08. The maximum absolute atomic E-state index is 12.0. The molecule has 4 nitrogen and oxygen atoms in total. The van der Waals surface area contributed by atoms with Crippen LogP contribution in [-0.4, -0.2) is 46.7 Å². The Morgan fingerprint density at radius 1 is 1.35 bits per heavy atom. The number of amides is 1. The summed E-state index contributed by atoms with van der Waals surface area (Å²) in [7, 11) is 0. The highest BCUT2D eigenvalue weighted by atomic mass is 16.3. The second-order valence-corrected chi connectivity index (χ2v) is 5.37. The zero-order valence-corrected chi connectivity index (χ0v) is 12.1. The largest absolute Gasteiger partial charge is 0.389 e. The van der Waals surface area contributed by atoms with Gasteiger partial charge in [-0.2, -0.15) is 0 Å². The topological polar surface area (TPSA) is 52.6 Å². The summed E-state index contributed by atoms with van der Waals surface area (Å²) in [6, 6.07) is -0.00813. The highest BCUT2D eigenvalue weighted by molar-refractivity contribution is 5.81. The van der Waals surface area contributed by atoms with Crippen molar-refractivity contribution in [1.82, 2.24) is 10.2 Å². The zero-order valence-electron chi connectivity index (χ0n) is 12.1. The summed E-state index contributed by atoms with van der Waals surface area (Å²) in [5.74, 6) is 0.0328. The quantitative estimate of drug-likeness (QED) is 0.711. The van der Waals surface area contributed by atoms with Crippen LogP contribution in [0.3, 0.4) is 0 Å². The summed E-state index contributed by atoms with van der Waals surface area (Å²) < 4.78 is 0. The van der Waals surface area contributed by atoms with Gasteiger partial charge in [0.1, 0.15) is 0 Å². The minimum Gasteiger partial charge on any atom is -0.389 e. The van der Waals surface area contributed by atoms with Crippen molar-refractivity contribution in [3.8, 4) is 0 Å². The molecule has 17 heavy (non-hydrogen) atoms. The highest BCUT2D eigenvalue weighted by Gasteiger charge is 2.25. The zero-order chi connectivity index (χ0) is 13.6. The van der Waals surface area contributed by atoms with Crippen LogP contribution < -0.4 is 5.32 Å². The number of likely N-dealkylation sites (N-methyl/N-ethyl adjacent to an activating group) is 1. The monoisotopic (exact) mass is 244 g/mol. The Balaban J connectivity index is 4.42. The van der Waals surface area contributed by atoms with E-state index in [9.17, 15) is 9.90 Å². The van der Waals surface area contributed by atoms with Crippen LogP contribution in [-0.2, 0) is 4.79 Å². The van der Waals surface area contributed by atoms with Gasteiger partial charge in [-0.3, -0.25) is 9.69 Å². The van der Waals surface area contributed by atoms with Crippen LogP contribution in [0.1, 0.15) is 48.0 Å². The fourth-order valence-corrected chi connectivity index (χ4v) is 1.65. The molecule has 0 saturated carbocycles. The van der Waals surface area contributed by atoms with E-state index in [0.29, 0.717) is 6.54 Å². The van der Waals surface area contributed by atoms with Crippen molar-refractivity contribution in [2.24, 2.45) is 0 Å². The molecule has 2 atom stereocenters. The number of nitrogens with one attached hydrogen (secondary N) is 1. The third-order valence-electron chi connectivity index (χ3n) is 2.92. The summed E-state index contributed by atoms with van der Waals surface area (Å²) in [6.07, 6.45) is 0.927. The normalized spacial score (nSPS) is 15.8. The van der Waals surface area contributed by atoms with Crippen molar-refractivity contribution < 1.29 is 9.90 Å². The first kappa shape index (κ1) is 16.4. The van der Waals surface area contributed by atoms with Gasteiger partial charge >= 0.3 is 0 Å². The lowest BCUT2D eigenvalue weighted by Gasteiger charge is -2.32. The summed E-state index contributed by atoms with van der Waals surface area (Å²) in [4.78, 5) is 13.9. The van der Waals surface area contributed by atoms with Crippen molar-refractivity contribution in [1.29, 1.82) is 0 Å². The number of rotatable bonds is 7. The Morgan fingerprint density at radius 3 is 2.24 bits per heavy atom. The van der Waals surface area contributed by atoms with Crippen LogP contribution in [0.4, 0.5) is 0 Å². The standard InChI is InChI=1S/C13H28N2O2/c1-7-10(3)14-12(16)11(4)15(8-2)9-13(5,6)17/h10-11,17H,7-9H2,1-6H3,(H,14,16). The van der Waals surface area contributed by atoms with E-state index in [1.807, 2.05) is 32.6 Å². The van der Waals surface area contributed by atoms with Gasteiger partial charge in [0.05, 0.1) is 11.6 Å². The smallest absolute Gasteiger partial charge is 0.237 e. The molecule has 0 radical (unpaired) electrons. The molecule has 0 rings (SSSR count). The van der Waals surface area contributed by atoms with E-state index >= 15 is 0 Å². The Hall–Kier alpha value is -0.610. The van der Waals surface area contributed by atoms with Gasteiger partial charge in [-0.1, -0.05) is 13.8 Å². The minimum absolute atomic E-state index is 0.0328. The van der Waals surface area contributed by atoms with E-state index in [-0.39, 0.29) is 18.0 Å². The molecule has 1 amide bonds. The molecule has 0 aromatic heterocycles. The lowest BCUT2D eigenvalue weighted by molar-refractivity contribution is -0.127. The van der Waals surface area contributed by atoms with Crippen LogP contribution in [0, 0.1) is 0 Å². The van der Waals surface area contributed by atoms with Gasteiger partial charge in [-0.05, 0) is 40.7 Å². The molecule has 102 valence electrons. The summed E-state index contributed by atoms with van der Waals surface area (Å²) in [6.45, 7) is 12.7. The second-order valence-electron chi connectivity index (χ2n) is 5.37. The third kappa shape index (κ3) is 6.64. The first-order valence-corrected chi connectivity index (χ1v) is 6.48. The van der Waals surface area contributed by atoms with E-state index in [1.54, 1.807) is 13.8 Å². The van der Waals surface area contributed by atoms with Crippen molar-refractivity contribution >= 4 is 5.91 Å². The maximum atomic E-state index is 12.0. The number of nitrogens with zero attached hydrogens (tertiary/aromatic N) is 1. The summed E-state index contributed by atoms with van der Waals surface area (Å²) in [5.41, 5.74) is -0.777. The third-order valence-corrected chi connectivity index (χ3v) is 2.92. The lowest BCUT2D eigenvalue weighted by atomic mass is 10.1. The number of hydrogen-bond acceptors (Lipinski definition) is 3. The fraction of sp³-hybridized carbons (Fsp3) is 0.923.